The molecule has 0 radical (unpaired) electrons. The first-order valence-electron chi connectivity index (χ1n) is 10.6. The van der Waals surface area contributed by atoms with Gasteiger partial charge < -0.3 is 18.8 Å². The van der Waals surface area contributed by atoms with Crippen molar-refractivity contribution in [3.05, 3.63) is 40.2 Å². The third-order valence-corrected chi connectivity index (χ3v) is 6.20. The summed E-state index contributed by atoms with van der Waals surface area (Å²) >= 11 is 0. The van der Waals surface area contributed by atoms with Crippen LogP contribution in [0.1, 0.15) is 44.1 Å². The van der Waals surface area contributed by atoms with Crippen molar-refractivity contribution in [3.8, 4) is 5.75 Å². The lowest BCUT2D eigenvalue weighted by Gasteiger charge is -2.44. The molecule has 1 aromatic heterocycles. The minimum atomic E-state index is -0.605. The fourth-order valence-electron chi connectivity index (χ4n) is 4.74. The van der Waals surface area contributed by atoms with Crippen molar-refractivity contribution in [2.24, 2.45) is 5.92 Å². The van der Waals surface area contributed by atoms with Crippen molar-refractivity contribution < 1.29 is 23.5 Å². The number of rotatable bonds is 5. The van der Waals surface area contributed by atoms with Gasteiger partial charge in [-0.25, -0.2) is 9.59 Å². The first kappa shape index (κ1) is 20.4. The summed E-state index contributed by atoms with van der Waals surface area (Å²) in [6.07, 6.45) is 6.84. The normalized spacial score (nSPS) is 21.2. The summed E-state index contributed by atoms with van der Waals surface area (Å²) in [5.74, 6) is 0.252. The van der Waals surface area contributed by atoms with E-state index in [0.717, 1.165) is 36.8 Å². The molecule has 0 spiro atoms. The van der Waals surface area contributed by atoms with E-state index < -0.39 is 11.6 Å². The molecule has 2 aromatic rings. The third-order valence-electron chi connectivity index (χ3n) is 6.20. The lowest BCUT2D eigenvalue weighted by Crippen LogP contribution is -2.51. The number of fused-ring (bicyclic) bond motifs is 2. The number of aryl methyl sites for hydroxylation is 1. The molecule has 1 saturated heterocycles. The summed E-state index contributed by atoms with van der Waals surface area (Å²) in [4.78, 5) is 38.1. The number of ether oxygens (including phenoxy) is 2. The van der Waals surface area contributed by atoms with Gasteiger partial charge in [0.2, 0.25) is 0 Å². The van der Waals surface area contributed by atoms with Gasteiger partial charge in [-0.2, -0.15) is 0 Å². The second-order valence-electron chi connectivity index (χ2n) is 8.20. The lowest BCUT2D eigenvalue weighted by molar-refractivity contribution is -0.156. The van der Waals surface area contributed by atoms with Crippen molar-refractivity contribution in [2.45, 2.75) is 51.5 Å². The molecule has 2 aliphatic rings. The highest BCUT2D eigenvalue weighted by Gasteiger charge is 2.35. The third kappa shape index (κ3) is 4.50. The molecule has 0 unspecified atom stereocenters. The summed E-state index contributed by atoms with van der Waals surface area (Å²) in [6, 6.07) is 6.76. The fraction of sp³-hybridized carbons (Fsp3) is 0.522. The Bertz CT molecular complexity index is 995. The molecule has 7 heteroatoms. The van der Waals surface area contributed by atoms with Crippen LogP contribution in [0.2, 0.25) is 0 Å². The Labute approximate surface area is 174 Å². The van der Waals surface area contributed by atoms with Gasteiger partial charge in [-0.05, 0) is 56.2 Å². The van der Waals surface area contributed by atoms with E-state index in [1.807, 2.05) is 11.8 Å². The molecule has 1 aromatic carbocycles. The predicted octanol–water partition coefficient (Wildman–Crippen LogP) is 3.20. The zero-order valence-corrected chi connectivity index (χ0v) is 17.2. The second-order valence-corrected chi connectivity index (χ2v) is 8.20. The van der Waals surface area contributed by atoms with E-state index >= 15 is 0 Å². The zero-order valence-electron chi connectivity index (χ0n) is 17.2. The Kier molecular flexibility index (Phi) is 6.06. The average molecular weight is 413 g/mol. The molecule has 4 rings (SSSR count). The number of carbonyl (C=O) groups excluding carboxylic acids is 2. The summed E-state index contributed by atoms with van der Waals surface area (Å²) in [5.41, 5.74) is 0.768. The SMILES string of the molecule is Cc1cc(=O)oc2cc(OCC(=O)OCC(=O)N3CCC[C@H]4CCCC[C@H]43)ccc12. The number of carbonyl (C=O) groups is 2. The number of esters is 1. The molecular weight excluding hydrogens is 386 g/mol. The van der Waals surface area contributed by atoms with Crippen LogP contribution < -0.4 is 10.4 Å². The van der Waals surface area contributed by atoms with E-state index in [1.165, 1.54) is 25.3 Å². The first-order chi connectivity index (χ1) is 14.5. The molecule has 160 valence electrons. The molecule has 0 bridgehead atoms. The standard InChI is InChI=1S/C23H27NO6/c1-15-11-22(26)30-20-12-17(8-9-18(15)20)28-14-23(27)29-13-21(25)24-10-4-6-16-5-2-3-7-19(16)24/h8-9,11-12,16,19H,2-7,10,13-14H2,1H3/t16-,19-/m1/s1. The Morgan fingerprint density at radius 2 is 1.90 bits per heavy atom. The summed E-state index contributed by atoms with van der Waals surface area (Å²) in [6.45, 7) is 2.00. The number of benzene rings is 1. The molecule has 1 aliphatic carbocycles. The van der Waals surface area contributed by atoms with E-state index in [4.69, 9.17) is 13.9 Å². The maximum atomic E-state index is 12.6. The largest absolute Gasteiger partial charge is 0.482 e. The highest BCUT2D eigenvalue weighted by atomic mass is 16.6. The van der Waals surface area contributed by atoms with Crippen LogP contribution in [0.25, 0.3) is 11.0 Å². The maximum Gasteiger partial charge on any atom is 0.344 e. The van der Waals surface area contributed by atoms with Crippen molar-refractivity contribution in [1.82, 2.24) is 4.90 Å². The second kappa shape index (κ2) is 8.90. The maximum absolute atomic E-state index is 12.6. The van der Waals surface area contributed by atoms with Crippen LogP contribution in [0, 0.1) is 12.8 Å². The van der Waals surface area contributed by atoms with Crippen LogP contribution in [0.4, 0.5) is 0 Å². The molecule has 1 amide bonds. The summed E-state index contributed by atoms with van der Waals surface area (Å²) < 4.78 is 15.8. The van der Waals surface area contributed by atoms with Crippen LogP contribution in [0.5, 0.6) is 5.75 Å². The Morgan fingerprint density at radius 1 is 1.10 bits per heavy atom. The quantitative estimate of drug-likeness (QED) is 0.553. The molecule has 7 nitrogen and oxygen atoms in total. The fourth-order valence-corrected chi connectivity index (χ4v) is 4.74. The van der Waals surface area contributed by atoms with Gasteiger partial charge in [-0.15, -0.1) is 0 Å². The van der Waals surface area contributed by atoms with Crippen LogP contribution in [-0.4, -0.2) is 42.6 Å². The minimum absolute atomic E-state index is 0.122. The Morgan fingerprint density at radius 3 is 2.77 bits per heavy atom. The van der Waals surface area contributed by atoms with Crippen molar-refractivity contribution in [2.75, 3.05) is 19.8 Å². The highest BCUT2D eigenvalue weighted by molar-refractivity contribution is 5.82. The summed E-state index contributed by atoms with van der Waals surface area (Å²) in [7, 11) is 0. The van der Waals surface area contributed by atoms with Gasteiger partial charge in [0.15, 0.2) is 13.2 Å². The van der Waals surface area contributed by atoms with Crippen molar-refractivity contribution in [1.29, 1.82) is 0 Å². The molecular formula is C23H27NO6. The number of likely N-dealkylation sites (tertiary alicyclic amines) is 1. The summed E-state index contributed by atoms with van der Waals surface area (Å²) in [5, 5.41) is 0.803. The predicted molar refractivity (Wildman–Crippen MR) is 110 cm³/mol. The number of nitrogens with zero attached hydrogens (tertiary/aromatic N) is 1. The van der Waals surface area contributed by atoms with E-state index in [2.05, 4.69) is 0 Å². The minimum Gasteiger partial charge on any atom is -0.482 e. The van der Waals surface area contributed by atoms with Crippen molar-refractivity contribution in [3.63, 3.8) is 0 Å². The molecule has 2 atom stereocenters. The van der Waals surface area contributed by atoms with Gasteiger partial charge in [-0.1, -0.05) is 12.8 Å². The van der Waals surface area contributed by atoms with Gasteiger partial charge >= 0.3 is 11.6 Å². The van der Waals surface area contributed by atoms with Crippen LogP contribution >= 0.6 is 0 Å². The van der Waals surface area contributed by atoms with E-state index in [9.17, 15) is 14.4 Å². The Balaban J connectivity index is 1.29. The zero-order chi connectivity index (χ0) is 21.1. The number of piperidine rings is 1. The molecule has 2 heterocycles. The lowest BCUT2D eigenvalue weighted by atomic mass is 9.78. The number of hydrogen-bond donors (Lipinski definition) is 0. The van der Waals surface area contributed by atoms with Crippen LogP contribution in [0.3, 0.4) is 0 Å². The van der Waals surface area contributed by atoms with Crippen LogP contribution in [0.15, 0.2) is 33.5 Å². The highest BCUT2D eigenvalue weighted by Crippen LogP contribution is 2.35. The molecule has 30 heavy (non-hydrogen) atoms. The Hall–Kier alpha value is -2.83. The van der Waals surface area contributed by atoms with Crippen molar-refractivity contribution >= 4 is 22.8 Å². The topological polar surface area (TPSA) is 86.0 Å². The molecule has 0 N–H and O–H groups in total. The van der Waals surface area contributed by atoms with Gasteiger partial charge in [0.1, 0.15) is 11.3 Å². The van der Waals surface area contributed by atoms with E-state index in [1.54, 1.807) is 18.2 Å². The van der Waals surface area contributed by atoms with Gasteiger partial charge in [0.05, 0.1) is 0 Å². The number of hydrogen-bond acceptors (Lipinski definition) is 6. The molecule has 2 fully saturated rings. The monoisotopic (exact) mass is 413 g/mol. The number of amides is 1. The average Bonchev–Trinajstić information content (AvgIpc) is 2.75. The van der Waals surface area contributed by atoms with E-state index in [-0.39, 0.29) is 19.1 Å². The van der Waals surface area contributed by atoms with Gasteiger partial charge in [0, 0.05) is 30.1 Å². The van der Waals surface area contributed by atoms with Gasteiger partial charge in [-0.3, -0.25) is 4.79 Å². The smallest absolute Gasteiger partial charge is 0.344 e. The van der Waals surface area contributed by atoms with Crippen LogP contribution in [-0.2, 0) is 14.3 Å². The van der Waals surface area contributed by atoms with E-state index in [0.29, 0.717) is 23.3 Å². The molecule has 1 saturated carbocycles. The first-order valence-corrected chi connectivity index (χ1v) is 10.6. The van der Waals surface area contributed by atoms with Gasteiger partial charge in [0.25, 0.3) is 5.91 Å². The molecule has 1 aliphatic heterocycles.